The van der Waals surface area contributed by atoms with Crippen LogP contribution in [0.5, 0.6) is 0 Å². The molecule has 184 valence electrons. The first-order valence-corrected chi connectivity index (χ1v) is 15.1. The molecule has 1 aromatic carbocycles. The Kier molecular flexibility index (Phi) is 8.34. The highest BCUT2D eigenvalue weighted by molar-refractivity contribution is 9.10. The lowest BCUT2D eigenvalue weighted by atomic mass is 9.96. The number of nitrogens with zero attached hydrogens (tertiary/aromatic N) is 3. The minimum absolute atomic E-state index is 0.0565. The molecule has 3 rings (SSSR count). The van der Waals surface area contributed by atoms with Gasteiger partial charge in [-0.15, -0.1) is 0 Å². The molecule has 1 aromatic heterocycles. The molecule has 10 heteroatoms. The largest absolute Gasteiger partial charge is 0.413 e. The van der Waals surface area contributed by atoms with Crippen LogP contribution in [0.25, 0.3) is 0 Å². The summed E-state index contributed by atoms with van der Waals surface area (Å²) < 4.78 is 26.9. The van der Waals surface area contributed by atoms with Crippen molar-refractivity contribution in [3.8, 4) is 6.07 Å². The number of hydrogen-bond donors (Lipinski definition) is 2. The molecule has 2 heterocycles. The van der Waals surface area contributed by atoms with Crippen LogP contribution in [0.2, 0.25) is 18.1 Å². The van der Waals surface area contributed by atoms with Gasteiger partial charge in [0.05, 0.1) is 35.7 Å². The Hall–Kier alpha value is -2.06. The first kappa shape index (κ1) is 26.5. The SMILES string of the molecule is Cc1cnc(Nc2cc(F)c(Br)c(CO[Si](C)(C)C(C)(C)C)c2)nc1N[C@H]1COCCC1C#N. The summed E-state index contributed by atoms with van der Waals surface area (Å²) in [6.45, 7) is 14.1. The van der Waals surface area contributed by atoms with Crippen molar-refractivity contribution in [1.29, 1.82) is 5.26 Å². The van der Waals surface area contributed by atoms with Gasteiger partial charge in [-0.25, -0.2) is 9.37 Å². The van der Waals surface area contributed by atoms with Crippen LogP contribution in [0.3, 0.4) is 0 Å². The molecule has 1 aliphatic heterocycles. The molecule has 2 aromatic rings. The van der Waals surface area contributed by atoms with E-state index in [0.717, 1.165) is 5.56 Å². The van der Waals surface area contributed by atoms with Crippen LogP contribution >= 0.6 is 15.9 Å². The number of halogens is 2. The van der Waals surface area contributed by atoms with E-state index in [0.29, 0.717) is 53.7 Å². The number of rotatable bonds is 7. The number of nitrogens with one attached hydrogen (secondary N) is 2. The Morgan fingerprint density at radius 3 is 2.76 bits per heavy atom. The van der Waals surface area contributed by atoms with E-state index in [1.165, 1.54) is 6.07 Å². The molecule has 2 N–H and O–H groups in total. The molecule has 7 nitrogen and oxygen atoms in total. The maximum absolute atomic E-state index is 14.7. The van der Waals surface area contributed by atoms with Gasteiger partial charge >= 0.3 is 0 Å². The zero-order valence-electron chi connectivity index (χ0n) is 20.6. The summed E-state index contributed by atoms with van der Waals surface area (Å²) in [5.41, 5.74) is 2.09. The molecule has 1 aliphatic rings. The second-order valence-corrected chi connectivity index (χ2v) is 15.8. The number of ether oxygens (including phenoxy) is 1. The minimum atomic E-state index is -1.99. The second-order valence-electron chi connectivity index (χ2n) is 10.2. The monoisotopic (exact) mass is 549 g/mol. The quantitative estimate of drug-likeness (QED) is 0.392. The van der Waals surface area contributed by atoms with E-state index in [4.69, 9.17) is 9.16 Å². The van der Waals surface area contributed by atoms with Crippen LogP contribution in [0.4, 0.5) is 21.8 Å². The lowest BCUT2D eigenvalue weighted by molar-refractivity contribution is 0.0698. The first-order valence-electron chi connectivity index (χ1n) is 11.4. The summed E-state index contributed by atoms with van der Waals surface area (Å²) >= 11 is 3.36. The number of anilines is 3. The summed E-state index contributed by atoms with van der Waals surface area (Å²) in [4.78, 5) is 8.92. The van der Waals surface area contributed by atoms with Crippen LogP contribution in [-0.2, 0) is 15.8 Å². The van der Waals surface area contributed by atoms with Gasteiger partial charge in [0.1, 0.15) is 11.6 Å². The van der Waals surface area contributed by atoms with E-state index in [1.54, 1.807) is 6.20 Å². The standard InChI is InChI=1S/C24H33BrFN5O2Si/c1-15-12-28-23(31-22(15)30-20-14-32-8-7-16(20)11-27)29-18-9-17(21(25)19(26)10-18)13-33-34(5,6)24(2,3)4/h9-10,12,16,20H,7-8,13-14H2,1-6H3,(H2,28,29,30,31)/t16?,20-/m0/s1. The van der Waals surface area contributed by atoms with Crippen molar-refractivity contribution in [2.24, 2.45) is 5.92 Å². The lowest BCUT2D eigenvalue weighted by Gasteiger charge is -2.36. The fraction of sp³-hybridized carbons (Fsp3) is 0.542. The van der Waals surface area contributed by atoms with E-state index in [1.807, 2.05) is 13.0 Å². The smallest absolute Gasteiger partial charge is 0.229 e. The molecule has 1 saturated heterocycles. The number of benzene rings is 1. The van der Waals surface area contributed by atoms with Gasteiger partial charge in [0.15, 0.2) is 8.32 Å². The van der Waals surface area contributed by atoms with Crippen LogP contribution in [0.15, 0.2) is 22.8 Å². The summed E-state index contributed by atoms with van der Waals surface area (Å²) in [7, 11) is -1.99. The van der Waals surface area contributed by atoms with Gasteiger partial charge in [-0.1, -0.05) is 20.8 Å². The van der Waals surface area contributed by atoms with Gasteiger partial charge in [-0.2, -0.15) is 10.2 Å². The summed E-state index contributed by atoms with van der Waals surface area (Å²) in [6.07, 6.45) is 2.38. The Bertz CT molecular complexity index is 1070. The maximum atomic E-state index is 14.7. The summed E-state index contributed by atoms with van der Waals surface area (Å²) in [5, 5.41) is 15.9. The molecule has 0 saturated carbocycles. The molecule has 0 amide bonds. The Labute approximate surface area is 210 Å². The van der Waals surface area contributed by atoms with Crippen molar-refractivity contribution in [2.45, 2.75) is 64.9 Å². The van der Waals surface area contributed by atoms with E-state index >= 15 is 0 Å². The molecule has 0 aliphatic carbocycles. The Morgan fingerprint density at radius 1 is 1.35 bits per heavy atom. The van der Waals surface area contributed by atoms with Gasteiger partial charge in [-0.3, -0.25) is 0 Å². The van der Waals surface area contributed by atoms with Crippen LogP contribution < -0.4 is 10.6 Å². The molecular weight excluding hydrogens is 517 g/mol. The predicted octanol–water partition coefficient (Wildman–Crippen LogP) is 6.29. The maximum Gasteiger partial charge on any atom is 0.229 e. The van der Waals surface area contributed by atoms with Gasteiger partial charge < -0.3 is 19.8 Å². The zero-order valence-corrected chi connectivity index (χ0v) is 23.2. The number of nitriles is 1. The second kappa shape index (κ2) is 10.7. The molecule has 1 fully saturated rings. The minimum Gasteiger partial charge on any atom is -0.413 e. The van der Waals surface area contributed by atoms with Crippen molar-refractivity contribution in [2.75, 3.05) is 23.8 Å². The van der Waals surface area contributed by atoms with Crippen LogP contribution in [0.1, 0.15) is 38.3 Å². The van der Waals surface area contributed by atoms with Gasteiger partial charge in [-0.05, 0) is 65.1 Å². The summed E-state index contributed by atoms with van der Waals surface area (Å²) in [6, 6.07) is 5.44. The van der Waals surface area contributed by atoms with Crippen LogP contribution in [-0.4, -0.2) is 37.5 Å². The molecule has 0 spiro atoms. The molecule has 1 unspecified atom stereocenters. The van der Waals surface area contributed by atoms with Crippen molar-refractivity contribution >= 4 is 41.7 Å². The Balaban J connectivity index is 1.79. The fourth-order valence-electron chi connectivity index (χ4n) is 3.29. The third kappa shape index (κ3) is 6.33. The third-order valence-corrected chi connectivity index (χ3v) is 11.9. The third-order valence-electron chi connectivity index (χ3n) is 6.57. The number of hydrogen-bond acceptors (Lipinski definition) is 7. The number of aryl methyl sites for hydroxylation is 1. The number of aromatic nitrogens is 2. The van der Waals surface area contributed by atoms with E-state index < -0.39 is 8.32 Å². The lowest BCUT2D eigenvalue weighted by Crippen LogP contribution is -2.40. The van der Waals surface area contributed by atoms with Crippen molar-refractivity contribution in [3.63, 3.8) is 0 Å². The summed E-state index contributed by atoms with van der Waals surface area (Å²) in [5.74, 6) is 0.410. The van der Waals surface area contributed by atoms with Gasteiger partial charge in [0.25, 0.3) is 0 Å². The van der Waals surface area contributed by atoms with Crippen LogP contribution in [0, 0.1) is 30.0 Å². The van der Waals surface area contributed by atoms with Crippen molar-refractivity contribution in [3.05, 3.63) is 39.7 Å². The van der Waals surface area contributed by atoms with Gasteiger partial charge in [0.2, 0.25) is 5.95 Å². The predicted molar refractivity (Wildman–Crippen MR) is 138 cm³/mol. The normalized spacial score (nSPS) is 18.9. The first-order chi connectivity index (χ1) is 15.9. The average Bonchev–Trinajstić information content (AvgIpc) is 2.77. The van der Waals surface area contributed by atoms with Crippen molar-refractivity contribution < 1.29 is 13.6 Å². The molecular formula is C24H33BrFN5O2Si. The van der Waals surface area contributed by atoms with Gasteiger partial charge in [0, 0.05) is 24.1 Å². The topological polar surface area (TPSA) is 92.1 Å². The molecule has 0 bridgehead atoms. The molecule has 2 atom stereocenters. The van der Waals surface area contributed by atoms with E-state index in [9.17, 15) is 9.65 Å². The Morgan fingerprint density at radius 2 is 2.09 bits per heavy atom. The molecule has 0 radical (unpaired) electrons. The van der Waals surface area contributed by atoms with Crippen molar-refractivity contribution in [1.82, 2.24) is 9.97 Å². The highest BCUT2D eigenvalue weighted by Gasteiger charge is 2.37. The fourth-order valence-corrected chi connectivity index (χ4v) is 4.58. The van der Waals surface area contributed by atoms with E-state index in [-0.39, 0.29) is 22.8 Å². The highest BCUT2D eigenvalue weighted by atomic mass is 79.9. The highest BCUT2D eigenvalue weighted by Crippen LogP contribution is 2.38. The average molecular weight is 551 g/mol. The molecule has 34 heavy (non-hydrogen) atoms. The zero-order chi connectivity index (χ0) is 25.1. The van der Waals surface area contributed by atoms with E-state index in [2.05, 4.69) is 76.5 Å².